The van der Waals surface area contributed by atoms with Gasteiger partial charge < -0.3 is 10.4 Å². The van der Waals surface area contributed by atoms with E-state index in [2.05, 4.69) is 12.2 Å². The van der Waals surface area contributed by atoms with Crippen molar-refractivity contribution < 1.29 is 13.5 Å². The molecule has 2 N–H and O–H groups in total. The maximum Gasteiger partial charge on any atom is 0.151 e. The predicted octanol–water partition coefficient (Wildman–Crippen LogP) is 0.952. The molecule has 0 aromatic heterocycles. The monoisotopic (exact) mass is 263 g/mol. The van der Waals surface area contributed by atoms with Gasteiger partial charge in [0.25, 0.3) is 0 Å². The highest BCUT2D eigenvalue weighted by Crippen LogP contribution is 2.14. The molecule has 2 unspecified atom stereocenters. The zero-order valence-corrected chi connectivity index (χ0v) is 11.5. The van der Waals surface area contributed by atoms with Gasteiger partial charge in [-0.05, 0) is 38.1 Å². The average molecular weight is 263 g/mol. The Morgan fingerprint density at radius 1 is 1.41 bits per heavy atom. The molecule has 17 heavy (non-hydrogen) atoms. The number of hydrogen-bond acceptors (Lipinski definition) is 4. The van der Waals surface area contributed by atoms with Crippen molar-refractivity contribution >= 4 is 9.84 Å². The van der Waals surface area contributed by atoms with Crippen molar-refractivity contribution in [2.75, 3.05) is 24.7 Å². The number of sulfone groups is 1. The van der Waals surface area contributed by atoms with Gasteiger partial charge in [0.15, 0.2) is 9.84 Å². The van der Waals surface area contributed by atoms with Crippen LogP contribution in [0.2, 0.25) is 0 Å². The van der Waals surface area contributed by atoms with Crippen LogP contribution in [0.1, 0.15) is 39.0 Å². The Morgan fingerprint density at radius 3 is 2.76 bits per heavy atom. The van der Waals surface area contributed by atoms with Crippen molar-refractivity contribution in [1.29, 1.82) is 0 Å². The summed E-state index contributed by atoms with van der Waals surface area (Å²) in [4.78, 5) is 0. The van der Waals surface area contributed by atoms with Crippen LogP contribution in [0.25, 0.3) is 0 Å². The van der Waals surface area contributed by atoms with Gasteiger partial charge in [0.05, 0.1) is 11.5 Å². The van der Waals surface area contributed by atoms with Crippen molar-refractivity contribution in [3.8, 4) is 0 Å². The lowest BCUT2D eigenvalue weighted by atomic mass is 9.99. The normalized spacial score (nSPS) is 25.6. The molecule has 1 heterocycles. The molecule has 0 aliphatic carbocycles. The summed E-state index contributed by atoms with van der Waals surface area (Å²) in [6, 6.07) is 0.117. The number of hydrogen-bond donors (Lipinski definition) is 2. The third-order valence-electron chi connectivity index (χ3n) is 3.39. The number of aliphatic hydroxyl groups is 1. The highest BCUT2D eigenvalue weighted by molar-refractivity contribution is 7.91. The first kappa shape index (κ1) is 14.9. The second kappa shape index (κ2) is 7.34. The molecule has 102 valence electrons. The van der Waals surface area contributed by atoms with E-state index in [1.807, 2.05) is 0 Å². The predicted molar refractivity (Wildman–Crippen MR) is 69.8 cm³/mol. The topological polar surface area (TPSA) is 66.4 Å². The summed E-state index contributed by atoms with van der Waals surface area (Å²) < 4.78 is 23.0. The lowest BCUT2D eigenvalue weighted by molar-refractivity contribution is 0.245. The summed E-state index contributed by atoms with van der Waals surface area (Å²) in [7, 11) is -2.82. The van der Waals surface area contributed by atoms with Crippen molar-refractivity contribution in [3.63, 3.8) is 0 Å². The molecular weight excluding hydrogens is 238 g/mol. The molecule has 1 aliphatic heterocycles. The van der Waals surface area contributed by atoms with E-state index in [0.717, 1.165) is 38.6 Å². The van der Waals surface area contributed by atoms with E-state index >= 15 is 0 Å². The van der Waals surface area contributed by atoms with E-state index in [0.29, 0.717) is 11.7 Å². The van der Waals surface area contributed by atoms with Gasteiger partial charge in [0, 0.05) is 12.6 Å². The first-order chi connectivity index (χ1) is 8.07. The first-order valence-corrected chi connectivity index (χ1v) is 8.44. The van der Waals surface area contributed by atoms with Crippen LogP contribution in [0.5, 0.6) is 0 Å². The van der Waals surface area contributed by atoms with E-state index in [1.54, 1.807) is 0 Å². The van der Waals surface area contributed by atoms with Gasteiger partial charge >= 0.3 is 0 Å². The molecule has 0 bridgehead atoms. The lowest BCUT2D eigenvalue weighted by Crippen LogP contribution is -2.42. The Balaban J connectivity index is 2.32. The first-order valence-electron chi connectivity index (χ1n) is 6.62. The summed E-state index contributed by atoms with van der Waals surface area (Å²) in [6.45, 7) is 3.18. The SMILES string of the molecule is CCCC(CCO)CNC1CCCS(=O)(=O)C1. The summed E-state index contributed by atoms with van der Waals surface area (Å²) in [5.41, 5.74) is 0. The summed E-state index contributed by atoms with van der Waals surface area (Å²) in [5, 5.41) is 12.3. The van der Waals surface area contributed by atoms with E-state index in [1.165, 1.54) is 0 Å². The fourth-order valence-electron chi connectivity index (χ4n) is 2.46. The van der Waals surface area contributed by atoms with Gasteiger partial charge in [-0.1, -0.05) is 13.3 Å². The third-order valence-corrected chi connectivity index (χ3v) is 5.21. The van der Waals surface area contributed by atoms with Crippen LogP contribution >= 0.6 is 0 Å². The zero-order valence-electron chi connectivity index (χ0n) is 10.7. The van der Waals surface area contributed by atoms with Crippen molar-refractivity contribution in [2.45, 2.75) is 45.1 Å². The summed E-state index contributed by atoms with van der Waals surface area (Å²) in [6.07, 6.45) is 4.73. The minimum atomic E-state index is -2.82. The fraction of sp³-hybridized carbons (Fsp3) is 1.00. The van der Waals surface area contributed by atoms with Crippen molar-refractivity contribution in [3.05, 3.63) is 0 Å². The Hall–Kier alpha value is -0.130. The Kier molecular flexibility index (Phi) is 6.44. The van der Waals surface area contributed by atoms with Crippen LogP contribution in [-0.2, 0) is 9.84 Å². The highest BCUT2D eigenvalue weighted by Gasteiger charge is 2.24. The van der Waals surface area contributed by atoms with E-state index in [4.69, 9.17) is 5.11 Å². The molecule has 1 rings (SSSR count). The molecule has 2 atom stereocenters. The Labute approximate surface area is 105 Å². The number of rotatable bonds is 7. The lowest BCUT2D eigenvalue weighted by Gasteiger charge is -2.25. The van der Waals surface area contributed by atoms with Crippen molar-refractivity contribution in [1.82, 2.24) is 5.32 Å². The molecule has 0 saturated carbocycles. The minimum Gasteiger partial charge on any atom is -0.396 e. The van der Waals surface area contributed by atoms with E-state index in [9.17, 15) is 8.42 Å². The van der Waals surface area contributed by atoms with Crippen LogP contribution in [0.3, 0.4) is 0 Å². The number of nitrogens with one attached hydrogen (secondary N) is 1. The molecule has 1 aliphatic rings. The molecule has 5 heteroatoms. The summed E-state index contributed by atoms with van der Waals surface area (Å²) in [5.74, 6) is 1.10. The molecular formula is C12H25NO3S. The third kappa shape index (κ3) is 5.84. The Bertz CT molecular complexity index is 297. The second-order valence-electron chi connectivity index (χ2n) is 5.03. The maximum atomic E-state index is 11.5. The molecule has 1 fully saturated rings. The smallest absolute Gasteiger partial charge is 0.151 e. The molecule has 0 amide bonds. The molecule has 0 radical (unpaired) electrons. The minimum absolute atomic E-state index is 0.117. The average Bonchev–Trinajstić information content (AvgIpc) is 2.25. The van der Waals surface area contributed by atoms with Crippen LogP contribution in [0, 0.1) is 5.92 Å². The van der Waals surface area contributed by atoms with Gasteiger partial charge in [0.1, 0.15) is 0 Å². The summed E-state index contributed by atoms with van der Waals surface area (Å²) >= 11 is 0. The zero-order chi connectivity index (χ0) is 12.7. The van der Waals surface area contributed by atoms with Crippen LogP contribution in [0.4, 0.5) is 0 Å². The van der Waals surface area contributed by atoms with Gasteiger partial charge in [0.2, 0.25) is 0 Å². The van der Waals surface area contributed by atoms with Crippen LogP contribution in [0.15, 0.2) is 0 Å². The van der Waals surface area contributed by atoms with Gasteiger partial charge in [-0.25, -0.2) is 8.42 Å². The molecule has 4 nitrogen and oxygen atoms in total. The highest BCUT2D eigenvalue weighted by atomic mass is 32.2. The fourth-order valence-corrected chi connectivity index (χ4v) is 4.13. The van der Waals surface area contributed by atoms with Gasteiger partial charge in [-0.15, -0.1) is 0 Å². The largest absolute Gasteiger partial charge is 0.396 e. The molecule has 0 aromatic carbocycles. The number of aliphatic hydroxyl groups excluding tert-OH is 1. The van der Waals surface area contributed by atoms with Crippen LogP contribution in [-0.4, -0.2) is 44.2 Å². The molecule has 0 aromatic rings. The second-order valence-corrected chi connectivity index (χ2v) is 7.26. The maximum absolute atomic E-state index is 11.5. The molecule has 1 saturated heterocycles. The van der Waals surface area contributed by atoms with Crippen molar-refractivity contribution in [2.24, 2.45) is 5.92 Å². The van der Waals surface area contributed by atoms with Crippen LogP contribution < -0.4 is 5.32 Å². The van der Waals surface area contributed by atoms with Gasteiger partial charge in [-0.2, -0.15) is 0 Å². The standard InChI is InChI=1S/C12H25NO3S/c1-2-4-11(6-7-14)9-13-12-5-3-8-17(15,16)10-12/h11-14H,2-10H2,1H3. The quantitative estimate of drug-likeness (QED) is 0.718. The van der Waals surface area contributed by atoms with E-state index in [-0.39, 0.29) is 18.4 Å². The van der Waals surface area contributed by atoms with E-state index < -0.39 is 9.84 Å². The Morgan fingerprint density at radius 2 is 2.18 bits per heavy atom. The molecule has 0 spiro atoms. The van der Waals surface area contributed by atoms with Gasteiger partial charge in [-0.3, -0.25) is 0 Å².